The number of hydrogen-bond acceptors (Lipinski definition) is 6. The Balaban J connectivity index is 1.58. The maximum absolute atomic E-state index is 12.1. The highest BCUT2D eigenvalue weighted by Gasteiger charge is 2.12. The summed E-state index contributed by atoms with van der Waals surface area (Å²) in [4.78, 5) is 20.6. The Morgan fingerprint density at radius 2 is 1.83 bits per heavy atom. The van der Waals surface area contributed by atoms with Crippen molar-refractivity contribution < 1.29 is 4.79 Å². The van der Waals surface area contributed by atoms with E-state index in [4.69, 9.17) is 23.2 Å². The first-order valence-electron chi connectivity index (χ1n) is 9.06. The molecule has 1 N–H and O–H groups in total. The Kier molecular flexibility index (Phi) is 7.47. The lowest BCUT2D eigenvalue weighted by Gasteiger charge is -2.04. The molecule has 3 rings (SSSR count). The molecule has 0 saturated heterocycles. The van der Waals surface area contributed by atoms with Crippen LogP contribution in [-0.4, -0.2) is 37.6 Å². The maximum atomic E-state index is 12.1. The number of hydrogen-bond donors (Lipinski definition) is 1. The summed E-state index contributed by atoms with van der Waals surface area (Å²) in [6, 6.07) is 9.36. The average Bonchev–Trinajstić information content (AvgIpc) is 2.95. The molecule has 10 heteroatoms. The van der Waals surface area contributed by atoms with Gasteiger partial charge in [0.15, 0.2) is 5.16 Å². The SMILES string of the molecule is Cc1cc(C)nc(SCC(=O)N/N=C/c2c(C)nn(Cc3ccc(Cl)cc3)c2Cl)n1. The minimum Gasteiger partial charge on any atom is -0.272 e. The molecular formula is C20H20Cl2N6OS. The Morgan fingerprint density at radius 1 is 1.17 bits per heavy atom. The molecule has 1 amide bonds. The third-order valence-electron chi connectivity index (χ3n) is 4.03. The van der Waals surface area contributed by atoms with Crippen molar-refractivity contribution in [1.29, 1.82) is 0 Å². The van der Waals surface area contributed by atoms with E-state index in [9.17, 15) is 4.79 Å². The second-order valence-electron chi connectivity index (χ2n) is 6.59. The summed E-state index contributed by atoms with van der Waals surface area (Å²) in [5, 5.41) is 10.1. The molecule has 0 aliphatic carbocycles. The summed E-state index contributed by atoms with van der Waals surface area (Å²) in [6.07, 6.45) is 1.50. The van der Waals surface area contributed by atoms with Gasteiger partial charge in [-0.15, -0.1) is 0 Å². The van der Waals surface area contributed by atoms with Gasteiger partial charge in [-0.05, 0) is 44.5 Å². The van der Waals surface area contributed by atoms with E-state index in [1.807, 2.05) is 51.1 Å². The van der Waals surface area contributed by atoms with Crippen LogP contribution in [0.4, 0.5) is 0 Å². The van der Waals surface area contributed by atoms with Gasteiger partial charge in [-0.3, -0.25) is 4.79 Å². The van der Waals surface area contributed by atoms with Gasteiger partial charge in [0, 0.05) is 16.4 Å². The lowest BCUT2D eigenvalue weighted by molar-refractivity contribution is -0.118. The van der Waals surface area contributed by atoms with Gasteiger partial charge in [0.25, 0.3) is 5.91 Å². The maximum Gasteiger partial charge on any atom is 0.250 e. The number of carbonyl (C=O) groups excluding carboxylic acids is 1. The fraction of sp³-hybridized carbons (Fsp3) is 0.250. The topological polar surface area (TPSA) is 85.1 Å². The summed E-state index contributed by atoms with van der Waals surface area (Å²) < 4.78 is 1.68. The number of benzene rings is 1. The van der Waals surface area contributed by atoms with Crippen molar-refractivity contribution in [2.45, 2.75) is 32.5 Å². The van der Waals surface area contributed by atoms with Crippen LogP contribution in [-0.2, 0) is 11.3 Å². The summed E-state index contributed by atoms with van der Waals surface area (Å²) in [5.74, 6) is -0.107. The first-order valence-corrected chi connectivity index (χ1v) is 10.8. The van der Waals surface area contributed by atoms with Crippen molar-refractivity contribution in [3.63, 3.8) is 0 Å². The molecule has 2 aromatic heterocycles. The monoisotopic (exact) mass is 462 g/mol. The zero-order valence-corrected chi connectivity index (χ0v) is 19.0. The quantitative estimate of drug-likeness (QED) is 0.246. The Bertz CT molecular complexity index is 1060. The lowest BCUT2D eigenvalue weighted by atomic mass is 10.2. The summed E-state index contributed by atoms with van der Waals surface area (Å²) in [7, 11) is 0. The van der Waals surface area contributed by atoms with Crippen LogP contribution >= 0.6 is 35.0 Å². The standard InChI is InChI=1S/C20H20Cl2N6OS/c1-12-8-13(2)25-20(24-12)30-11-18(29)26-23-9-17-14(3)27-28(19(17)22)10-15-4-6-16(21)7-5-15/h4-9H,10-11H2,1-3H3,(H,26,29)/b23-9+. The predicted octanol–water partition coefficient (Wildman–Crippen LogP) is 4.20. The summed E-state index contributed by atoms with van der Waals surface area (Å²) in [6.45, 7) is 6.12. The fourth-order valence-corrected chi connectivity index (χ4v) is 3.82. The Labute approximate surface area is 188 Å². The van der Waals surface area contributed by atoms with Crippen molar-refractivity contribution in [2.75, 3.05) is 5.75 Å². The Morgan fingerprint density at radius 3 is 2.50 bits per heavy atom. The van der Waals surface area contributed by atoms with Crippen molar-refractivity contribution in [3.8, 4) is 0 Å². The first kappa shape index (κ1) is 22.3. The van der Waals surface area contributed by atoms with E-state index in [0.717, 1.165) is 17.0 Å². The van der Waals surface area contributed by atoms with Gasteiger partial charge >= 0.3 is 0 Å². The van der Waals surface area contributed by atoms with Gasteiger partial charge in [-0.25, -0.2) is 20.1 Å². The van der Waals surface area contributed by atoms with Crippen LogP contribution in [0.15, 0.2) is 40.6 Å². The van der Waals surface area contributed by atoms with E-state index in [1.165, 1.54) is 18.0 Å². The van der Waals surface area contributed by atoms with Crippen LogP contribution < -0.4 is 5.43 Å². The average molecular weight is 463 g/mol. The number of thioether (sulfide) groups is 1. The molecule has 156 valence electrons. The largest absolute Gasteiger partial charge is 0.272 e. The molecule has 0 atom stereocenters. The van der Waals surface area contributed by atoms with Crippen molar-refractivity contribution in [2.24, 2.45) is 5.10 Å². The first-order chi connectivity index (χ1) is 14.3. The minimum atomic E-state index is -0.263. The van der Waals surface area contributed by atoms with Crippen LogP contribution in [0.1, 0.15) is 28.2 Å². The number of nitrogens with one attached hydrogen (secondary N) is 1. The van der Waals surface area contributed by atoms with Gasteiger partial charge in [-0.2, -0.15) is 10.2 Å². The van der Waals surface area contributed by atoms with Crippen molar-refractivity contribution >= 4 is 47.1 Å². The Hall–Kier alpha value is -2.42. The molecule has 0 unspecified atom stereocenters. The minimum absolute atomic E-state index is 0.156. The van der Waals surface area contributed by atoms with E-state index in [0.29, 0.717) is 33.1 Å². The van der Waals surface area contributed by atoms with Gasteiger partial charge in [0.2, 0.25) is 0 Å². The highest BCUT2D eigenvalue weighted by Crippen LogP contribution is 2.20. The van der Waals surface area contributed by atoms with Crippen LogP contribution in [0.2, 0.25) is 10.2 Å². The van der Waals surface area contributed by atoms with E-state index in [2.05, 4.69) is 25.6 Å². The zero-order valence-electron chi connectivity index (χ0n) is 16.7. The number of hydrazone groups is 1. The molecule has 0 radical (unpaired) electrons. The van der Waals surface area contributed by atoms with E-state index in [-0.39, 0.29) is 11.7 Å². The highest BCUT2D eigenvalue weighted by atomic mass is 35.5. The molecule has 0 saturated carbocycles. The van der Waals surface area contributed by atoms with E-state index in [1.54, 1.807) is 4.68 Å². The summed E-state index contributed by atoms with van der Waals surface area (Å²) in [5.41, 5.74) is 6.61. The second kappa shape index (κ2) is 10.1. The normalized spacial score (nSPS) is 11.2. The fourth-order valence-electron chi connectivity index (χ4n) is 2.67. The molecule has 0 spiro atoms. The number of amides is 1. The number of rotatable bonds is 7. The van der Waals surface area contributed by atoms with Gasteiger partial charge in [-0.1, -0.05) is 47.1 Å². The molecule has 30 heavy (non-hydrogen) atoms. The van der Waals surface area contributed by atoms with E-state index < -0.39 is 0 Å². The van der Waals surface area contributed by atoms with Crippen LogP contribution in [0.3, 0.4) is 0 Å². The van der Waals surface area contributed by atoms with Gasteiger partial charge in [0.1, 0.15) is 5.15 Å². The van der Waals surface area contributed by atoms with Gasteiger partial charge < -0.3 is 0 Å². The molecule has 3 aromatic rings. The molecule has 0 aliphatic rings. The van der Waals surface area contributed by atoms with Crippen LogP contribution in [0.5, 0.6) is 0 Å². The molecule has 2 heterocycles. The molecule has 7 nitrogen and oxygen atoms in total. The number of carbonyl (C=O) groups is 1. The molecule has 1 aromatic carbocycles. The molecule has 0 bridgehead atoms. The van der Waals surface area contributed by atoms with Crippen LogP contribution in [0, 0.1) is 20.8 Å². The van der Waals surface area contributed by atoms with E-state index >= 15 is 0 Å². The van der Waals surface area contributed by atoms with Crippen molar-refractivity contribution in [1.82, 2.24) is 25.2 Å². The molecular weight excluding hydrogens is 443 g/mol. The number of nitrogens with zero attached hydrogens (tertiary/aromatic N) is 5. The third kappa shape index (κ3) is 6.04. The summed E-state index contributed by atoms with van der Waals surface area (Å²) >= 11 is 13.6. The number of aromatic nitrogens is 4. The zero-order chi connectivity index (χ0) is 21.7. The number of aryl methyl sites for hydroxylation is 3. The van der Waals surface area contributed by atoms with Crippen LogP contribution in [0.25, 0.3) is 0 Å². The van der Waals surface area contributed by atoms with Gasteiger partial charge in [0.05, 0.1) is 29.8 Å². The highest BCUT2D eigenvalue weighted by molar-refractivity contribution is 7.99. The second-order valence-corrected chi connectivity index (χ2v) is 8.33. The molecule has 0 fully saturated rings. The predicted molar refractivity (Wildman–Crippen MR) is 120 cm³/mol. The molecule has 0 aliphatic heterocycles. The third-order valence-corrected chi connectivity index (χ3v) is 5.53. The smallest absolute Gasteiger partial charge is 0.250 e. The van der Waals surface area contributed by atoms with Crippen molar-refractivity contribution in [3.05, 3.63) is 68.7 Å². The lowest BCUT2D eigenvalue weighted by Crippen LogP contribution is -2.20. The number of halogens is 2.